The molecule has 0 aliphatic carbocycles. The fourth-order valence-electron chi connectivity index (χ4n) is 17.7. The van der Waals surface area contributed by atoms with Crippen LogP contribution in [0.25, 0.3) is 51.2 Å². The lowest BCUT2D eigenvalue weighted by atomic mass is 9.86. The van der Waals surface area contributed by atoms with Crippen molar-refractivity contribution in [1.29, 1.82) is 0 Å². The van der Waals surface area contributed by atoms with Crippen molar-refractivity contribution in [2.75, 3.05) is 54.0 Å². The van der Waals surface area contributed by atoms with E-state index >= 15 is 0 Å². The van der Waals surface area contributed by atoms with Crippen LogP contribution in [0.3, 0.4) is 0 Å². The summed E-state index contributed by atoms with van der Waals surface area (Å²) in [5, 5.41) is 30.3. The number of aryl methyl sites for hydroxylation is 7. The molecule has 0 spiro atoms. The second-order valence-electron chi connectivity index (χ2n) is 32.9. The third kappa shape index (κ3) is 17.1. The second-order valence-corrected chi connectivity index (χ2v) is 32.9. The maximum Gasteiger partial charge on any atom is 0.233 e. The molecule has 0 amide bonds. The van der Waals surface area contributed by atoms with Crippen LogP contribution in [0.15, 0.2) is 201 Å². The van der Waals surface area contributed by atoms with Crippen LogP contribution in [-0.2, 0) is 38.9 Å². The van der Waals surface area contributed by atoms with Gasteiger partial charge in [0.15, 0.2) is 17.5 Å². The summed E-state index contributed by atoms with van der Waals surface area (Å²) in [5.41, 5.74) is 22.3. The van der Waals surface area contributed by atoms with E-state index < -0.39 is 11.9 Å². The van der Waals surface area contributed by atoms with Crippen molar-refractivity contribution in [2.24, 2.45) is 0 Å². The molecule has 9 saturated heterocycles. The van der Waals surface area contributed by atoms with Crippen molar-refractivity contribution in [3.8, 4) is 51.2 Å². The summed E-state index contributed by atoms with van der Waals surface area (Å²) in [5.74, 6) is 4.17. The lowest BCUT2D eigenvalue weighted by Gasteiger charge is -2.56. The van der Waals surface area contributed by atoms with Gasteiger partial charge >= 0.3 is 0 Å². The zero-order valence-corrected chi connectivity index (χ0v) is 68.1. The van der Waals surface area contributed by atoms with Crippen LogP contribution in [0.5, 0.6) is 0 Å². The minimum atomic E-state index is -0.472. The SMILES string of the molecule is Cc1cc(Cc2cc(C)[nH]n2)nc(-c2ccc(N3CC4CC(C3)N4Cc3ccc(-n4ccc(F)n4)cc3)nc2)n1.Cc1cc(Cc2cc(C)[nH]n2)nc(-c2ccc(N3CC4CC(C3)N4Cc3ccc(-n4cnc(F)c4)cc3)nc2)n1.Cc1cnn(-c2ccc(CN3C4CC3CN(c3ccc(-c5nc(C)cc(Cc6cc(C)[nH]n6)n5)cn3)C4)cc2)c1. The first-order valence-corrected chi connectivity index (χ1v) is 41.1. The molecule has 21 heterocycles. The number of aromatic nitrogens is 21. The van der Waals surface area contributed by atoms with E-state index in [9.17, 15) is 8.78 Å². The van der Waals surface area contributed by atoms with Crippen molar-refractivity contribution in [3.63, 3.8) is 0 Å². The molecule has 3 aromatic carbocycles. The lowest BCUT2D eigenvalue weighted by molar-refractivity contribution is -0.00870. The Morgan fingerprint density at radius 2 is 0.725 bits per heavy atom. The Hall–Kier alpha value is -13.3. The van der Waals surface area contributed by atoms with Gasteiger partial charge in [-0.2, -0.15) is 29.2 Å². The second kappa shape index (κ2) is 32.9. The van der Waals surface area contributed by atoms with E-state index in [2.05, 4.69) is 194 Å². The number of anilines is 3. The summed E-state index contributed by atoms with van der Waals surface area (Å²) in [6.07, 6.45) is 19.8. The van der Waals surface area contributed by atoms with E-state index in [1.807, 2.05) is 126 Å². The minimum Gasteiger partial charge on any atom is -0.353 e. The first-order chi connectivity index (χ1) is 58.4. The number of benzene rings is 3. The van der Waals surface area contributed by atoms with Crippen LogP contribution >= 0.6 is 0 Å². The summed E-state index contributed by atoms with van der Waals surface area (Å²) in [4.78, 5) is 61.5. The third-order valence-corrected chi connectivity index (χ3v) is 23.7. The van der Waals surface area contributed by atoms with Gasteiger partial charge in [0.1, 0.15) is 23.8 Å². The average molecular weight is 1600 g/mol. The molecular weight excluding hydrogens is 1510 g/mol. The molecule has 6 atom stereocenters. The topological polar surface area (TPSA) is 275 Å². The minimum absolute atomic E-state index is 0.472. The zero-order chi connectivity index (χ0) is 81.6. The Morgan fingerprint density at radius 1 is 0.358 bits per heavy atom. The number of rotatable bonds is 21. The normalized spacial score (nSPS) is 18.6. The largest absolute Gasteiger partial charge is 0.353 e. The monoisotopic (exact) mass is 1600 g/mol. The van der Waals surface area contributed by atoms with Crippen molar-refractivity contribution in [3.05, 3.63) is 304 Å². The smallest absolute Gasteiger partial charge is 0.233 e. The number of hydrogen-bond donors (Lipinski definition) is 3. The van der Waals surface area contributed by atoms with Gasteiger partial charge in [-0.25, -0.2) is 59.2 Å². The summed E-state index contributed by atoms with van der Waals surface area (Å²) in [7, 11) is 0. The fraction of sp³-hybridized carbons (Fsp3) is 0.308. The van der Waals surface area contributed by atoms with E-state index in [-0.39, 0.29) is 0 Å². The predicted molar refractivity (Wildman–Crippen MR) is 454 cm³/mol. The van der Waals surface area contributed by atoms with Gasteiger partial charge in [-0.3, -0.25) is 30.0 Å². The first kappa shape index (κ1) is 76.7. The van der Waals surface area contributed by atoms with Gasteiger partial charge in [-0.15, -0.1) is 5.10 Å². The summed E-state index contributed by atoms with van der Waals surface area (Å²) >= 11 is 0. The number of nitrogens with zero attached hydrogens (tertiary/aromatic N) is 24. The van der Waals surface area contributed by atoms with Crippen molar-refractivity contribution in [2.45, 2.75) is 143 Å². The van der Waals surface area contributed by atoms with E-state index in [0.717, 1.165) is 178 Å². The number of imidazole rings is 1. The molecule has 12 aromatic heterocycles. The van der Waals surface area contributed by atoms with E-state index in [1.54, 1.807) is 15.4 Å². The van der Waals surface area contributed by atoms with E-state index in [1.165, 1.54) is 60.1 Å². The number of aromatic amines is 3. The summed E-state index contributed by atoms with van der Waals surface area (Å²) in [6.45, 7) is 22.7. The number of nitrogens with one attached hydrogen (secondary N) is 3. The number of pyridine rings is 3. The van der Waals surface area contributed by atoms with Gasteiger partial charge in [0.2, 0.25) is 11.9 Å². The number of hydrogen-bond acceptors (Lipinski definition) is 21. The highest BCUT2D eigenvalue weighted by Crippen LogP contribution is 2.40. The summed E-state index contributed by atoms with van der Waals surface area (Å²) < 4.78 is 31.7. The molecule has 29 heteroatoms. The quantitative estimate of drug-likeness (QED) is 0.0603. The zero-order valence-electron chi connectivity index (χ0n) is 68.1. The molecule has 24 rings (SSSR count). The molecule has 606 valence electrons. The molecule has 27 nitrogen and oxygen atoms in total. The van der Waals surface area contributed by atoms with Gasteiger partial charge in [0, 0.05) is 208 Å². The number of piperazine rings is 3. The molecule has 0 radical (unpaired) electrons. The number of H-pyrrole nitrogens is 3. The highest BCUT2D eigenvalue weighted by atomic mass is 19.1. The Bertz CT molecular complexity index is 5470. The van der Waals surface area contributed by atoms with Gasteiger partial charge < -0.3 is 19.3 Å². The maximum absolute atomic E-state index is 13.2. The molecule has 120 heavy (non-hydrogen) atoms. The highest BCUT2D eigenvalue weighted by molar-refractivity contribution is 5.60. The van der Waals surface area contributed by atoms with Gasteiger partial charge in [0.05, 0.1) is 57.9 Å². The highest BCUT2D eigenvalue weighted by Gasteiger charge is 2.47. The fourth-order valence-corrected chi connectivity index (χ4v) is 17.7. The van der Waals surface area contributed by atoms with E-state index in [0.29, 0.717) is 73.0 Å². The van der Waals surface area contributed by atoms with Gasteiger partial charge in [0.25, 0.3) is 0 Å². The molecular formula is C91H93F2N27. The molecule has 6 unspecified atom stereocenters. The standard InChI is InChI=1S/C31H33N9.2C30H30FN9/c1-20-14-33-40(16-20)27-7-4-23(5-8-27)17-39-28-13-29(39)19-38(18-28)30-9-6-24(15-32-30)31-34-21(2)10-25(35-31)12-26-11-22(3)36-37-26;1-19-9-23(11-24-10-20(2)36-37-24)35-30(34-19)22-5-8-29(32-13-22)38-15-26-12-27(16-38)40(26)14-21-3-6-25(7-4-21)39-17-28(31)33-18-39;1-19-11-23(13-24-12-20(2)35-36-24)34-30(33-19)22-5-8-29(32-15-22)38-17-26-14-27(18-38)39(26)16-21-3-6-25(7-4-21)40-10-9-28(31)37-40/h4-11,14-16,28-29H,12-13,17-19H2,1-3H3,(H,36,37);3-10,13,17-18,26-27H,11-12,14-16H2,1-2H3,(H,36,37);3-12,15,26-27H,13-14,16-18H2,1-2H3,(H,35,36). The Morgan fingerprint density at radius 3 is 1.02 bits per heavy atom. The van der Waals surface area contributed by atoms with Crippen LogP contribution in [-0.4, -0.2) is 195 Å². The summed E-state index contributed by atoms with van der Waals surface area (Å²) in [6, 6.07) is 54.5. The van der Waals surface area contributed by atoms with Crippen molar-refractivity contribution < 1.29 is 8.78 Å². The predicted octanol–water partition coefficient (Wildman–Crippen LogP) is 12.9. The van der Waals surface area contributed by atoms with Crippen LogP contribution in [0, 0.1) is 60.4 Å². The van der Waals surface area contributed by atoms with Gasteiger partial charge in [-0.1, -0.05) is 36.4 Å². The Labute approximate surface area is 693 Å². The first-order valence-electron chi connectivity index (χ1n) is 41.1. The molecule has 0 saturated carbocycles. The average Bonchev–Trinajstić information content (AvgIpc) is 0.867. The molecule has 9 aliphatic rings. The number of fused-ring (bicyclic) bond motifs is 6. The van der Waals surface area contributed by atoms with Gasteiger partial charge in [-0.05, 0) is 199 Å². The van der Waals surface area contributed by atoms with Crippen LogP contribution in [0.1, 0.15) is 110 Å². The van der Waals surface area contributed by atoms with E-state index in [4.69, 9.17) is 29.9 Å². The number of piperidine rings is 3. The molecule has 9 aliphatic heterocycles. The Kier molecular flexibility index (Phi) is 21.0. The van der Waals surface area contributed by atoms with Crippen molar-refractivity contribution >= 4 is 17.5 Å². The third-order valence-electron chi connectivity index (χ3n) is 23.7. The lowest BCUT2D eigenvalue weighted by Crippen LogP contribution is -2.68. The van der Waals surface area contributed by atoms with Crippen LogP contribution in [0.2, 0.25) is 0 Å². The van der Waals surface area contributed by atoms with Crippen LogP contribution in [0.4, 0.5) is 26.2 Å². The number of halogens is 2. The molecule has 3 N–H and O–H groups in total. The van der Waals surface area contributed by atoms with Crippen molar-refractivity contribution in [1.82, 2.24) is 119 Å². The molecule has 15 aromatic rings. The maximum atomic E-state index is 13.2. The Balaban J connectivity index is 0.000000119. The van der Waals surface area contributed by atoms with Crippen LogP contribution < -0.4 is 14.7 Å². The molecule has 9 fully saturated rings. The molecule has 6 bridgehead atoms.